The number of hydrogen-bond donors (Lipinski definition) is 1. The van der Waals surface area contributed by atoms with Crippen molar-refractivity contribution in [1.82, 2.24) is 0 Å². The molecule has 1 aromatic rings. The number of nitrogens with one attached hydrogen (secondary N) is 1. The zero-order valence-corrected chi connectivity index (χ0v) is 11.9. The molecule has 1 N–H and O–H groups in total. The summed E-state index contributed by atoms with van der Waals surface area (Å²) in [6.45, 7) is 1.12. The van der Waals surface area contributed by atoms with Crippen molar-refractivity contribution in [3.63, 3.8) is 0 Å². The van der Waals surface area contributed by atoms with E-state index >= 15 is 0 Å². The van der Waals surface area contributed by atoms with Crippen LogP contribution in [0.5, 0.6) is 5.75 Å². The van der Waals surface area contributed by atoms with Gasteiger partial charge in [0.2, 0.25) is 0 Å². The quantitative estimate of drug-likeness (QED) is 0.865. The summed E-state index contributed by atoms with van der Waals surface area (Å²) in [6.07, 6.45) is -3.39. The Balaban J connectivity index is 2.24. The van der Waals surface area contributed by atoms with Gasteiger partial charge < -0.3 is 19.5 Å². The van der Waals surface area contributed by atoms with Gasteiger partial charge in [0.05, 0.1) is 18.4 Å². The number of hydrogen-bond acceptors (Lipinski definition) is 5. The van der Waals surface area contributed by atoms with Gasteiger partial charge in [-0.05, 0) is 25.0 Å². The van der Waals surface area contributed by atoms with Crippen molar-refractivity contribution < 1.29 is 32.2 Å². The highest BCUT2D eigenvalue weighted by Crippen LogP contribution is 2.29. The van der Waals surface area contributed by atoms with Gasteiger partial charge in [-0.15, -0.1) is 13.2 Å². The molecule has 0 bridgehead atoms. The van der Waals surface area contributed by atoms with Crippen LogP contribution in [-0.4, -0.2) is 38.7 Å². The average Bonchev–Trinajstić information content (AvgIpc) is 2.46. The zero-order chi connectivity index (χ0) is 16.2. The molecule has 0 spiro atoms. The van der Waals surface area contributed by atoms with E-state index in [2.05, 4.69) is 14.8 Å². The molecule has 0 aliphatic carbocycles. The van der Waals surface area contributed by atoms with E-state index < -0.39 is 18.1 Å². The number of benzene rings is 1. The molecule has 1 aliphatic rings. The number of carbonyl (C=O) groups is 1. The Labute approximate surface area is 125 Å². The van der Waals surface area contributed by atoms with Crippen LogP contribution < -0.4 is 10.1 Å². The third-order valence-corrected chi connectivity index (χ3v) is 3.21. The van der Waals surface area contributed by atoms with E-state index in [1.807, 2.05) is 0 Å². The van der Waals surface area contributed by atoms with Crippen LogP contribution in [0.2, 0.25) is 0 Å². The number of rotatable bonds is 4. The lowest BCUT2D eigenvalue weighted by atomic mass is 10.1. The lowest BCUT2D eigenvalue weighted by molar-refractivity contribution is -0.274. The second-order valence-corrected chi connectivity index (χ2v) is 4.78. The highest BCUT2D eigenvalue weighted by molar-refractivity contribution is 5.96. The SMILES string of the molecule is COC(=O)c1ccc(OC(F)(F)F)cc1NC1CCOCC1. The highest BCUT2D eigenvalue weighted by Gasteiger charge is 2.31. The van der Waals surface area contributed by atoms with E-state index in [0.717, 1.165) is 12.1 Å². The van der Waals surface area contributed by atoms with E-state index in [1.54, 1.807) is 0 Å². The lowest BCUT2D eigenvalue weighted by Crippen LogP contribution is -2.28. The van der Waals surface area contributed by atoms with Gasteiger partial charge in [0.1, 0.15) is 5.75 Å². The monoisotopic (exact) mass is 319 g/mol. The molecule has 8 heteroatoms. The molecule has 0 amide bonds. The van der Waals surface area contributed by atoms with Gasteiger partial charge in [-0.1, -0.05) is 0 Å². The number of alkyl halides is 3. The minimum atomic E-state index is -4.79. The van der Waals surface area contributed by atoms with Crippen molar-refractivity contribution in [2.75, 3.05) is 25.6 Å². The number of carbonyl (C=O) groups excluding carboxylic acids is 1. The van der Waals surface area contributed by atoms with E-state index in [-0.39, 0.29) is 17.3 Å². The third kappa shape index (κ3) is 4.52. The highest BCUT2D eigenvalue weighted by atomic mass is 19.4. The molecule has 5 nitrogen and oxygen atoms in total. The van der Waals surface area contributed by atoms with Gasteiger partial charge in [-0.25, -0.2) is 4.79 Å². The molecule has 1 saturated heterocycles. The van der Waals surface area contributed by atoms with Crippen molar-refractivity contribution in [3.8, 4) is 5.75 Å². The van der Waals surface area contributed by atoms with Crippen LogP contribution in [0.15, 0.2) is 18.2 Å². The van der Waals surface area contributed by atoms with Crippen LogP contribution in [0.4, 0.5) is 18.9 Å². The summed E-state index contributed by atoms with van der Waals surface area (Å²) >= 11 is 0. The first-order chi connectivity index (χ1) is 10.4. The average molecular weight is 319 g/mol. The predicted octanol–water partition coefficient (Wildman–Crippen LogP) is 2.96. The molecule has 1 fully saturated rings. The fraction of sp³-hybridized carbons (Fsp3) is 0.500. The van der Waals surface area contributed by atoms with Crippen molar-refractivity contribution in [2.24, 2.45) is 0 Å². The van der Waals surface area contributed by atoms with E-state index in [9.17, 15) is 18.0 Å². The van der Waals surface area contributed by atoms with E-state index in [1.165, 1.54) is 13.2 Å². The zero-order valence-electron chi connectivity index (χ0n) is 11.9. The summed E-state index contributed by atoms with van der Waals surface area (Å²) in [6, 6.07) is 3.48. The Morgan fingerprint density at radius 2 is 2.00 bits per heavy atom. The predicted molar refractivity (Wildman–Crippen MR) is 71.9 cm³/mol. The molecule has 22 heavy (non-hydrogen) atoms. The number of ether oxygens (including phenoxy) is 3. The molecular weight excluding hydrogens is 303 g/mol. The van der Waals surface area contributed by atoms with Crippen LogP contribution in [-0.2, 0) is 9.47 Å². The van der Waals surface area contributed by atoms with Crippen LogP contribution in [0.25, 0.3) is 0 Å². The van der Waals surface area contributed by atoms with E-state index in [0.29, 0.717) is 26.1 Å². The molecule has 1 aromatic carbocycles. The van der Waals surface area contributed by atoms with Crippen LogP contribution in [0, 0.1) is 0 Å². The fourth-order valence-corrected chi connectivity index (χ4v) is 2.19. The largest absolute Gasteiger partial charge is 0.573 e. The maximum absolute atomic E-state index is 12.3. The molecular formula is C14H16F3NO4. The minimum Gasteiger partial charge on any atom is -0.465 e. The molecule has 2 rings (SSSR count). The summed E-state index contributed by atoms with van der Waals surface area (Å²) in [7, 11) is 1.21. The van der Waals surface area contributed by atoms with Crippen LogP contribution in [0.3, 0.4) is 0 Å². The van der Waals surface area contributed by atoms with Crippen molar-refractivity contribution in [2.45, 2.75) is 25.2 Å². The van der Waals surface area contributed by atoms with Crippen LogP contribution >= 0.6 is 0 Å². The number of halogens is 3. The lowest BCUT2D eigenvalue weighted by Gasteiger charge is -2.25. The van der Waals surface area contributed by atoms with Gasteiger partial charge in [0.15, 0.2) is 0 Å². The Morgan fingerprint density at radius 1 is 1.32 bits per heavy atom. The Hall–Kier alpha value is -1.96. The van der Waals surface area contributed by atoms with Gasteiger partial charge in [0, 0.05) is 25.3 Å². The van der Waals surface area contributed by atoms with Gasteiger partial charge in [0.25, 0.3) is 0 Å². The van der Waals surface area contributed by atoms with Crippen molar-refractivity contribution >= 4 is 11.7 Å². The normalized spacial score (nSPS) is 16.2. The second kappa shape index (κ2) is 6.87. The van der Waals surface area contributed by atoms with Gasteiger partial charge in [-0.3, -0.25) is 0 Å². The number of methoxy groups -OCH3 is 1. The molecule has 0 atom stereocenters. The fourth-order valence-electron chi connectivity index (χ4n) is 2.19. The van der Waals surface area contributed by atoms with Crippen LogP contribution in [0.1, 0.15) is 23.2 Å². The number of esters is 1. The smallest absolute Gasteiger partial charge is 0.465 e. The van der Waals surface area contributed by atoms with Crippen molar-refractivity contribution in [3.05, 3.63) is 23.8 Å². The molecule has 0 aromatic heterocycles. The first-order valence-electron chi connectivity index (χ1n) is 6.71. The Morgan fingerprint density at radius 3 is 2.59 bits per heavy atom. The standard InChI is InChI=1S/C14H16F3NO4/c1-20-13(19)11-3-2-10(22-14(15,16)17)8-12(11)18-9-4-6-21-7-5-9/h2-3,8-9,18H,4-7H2,1H3. The maximum Gasteiger partial charge on any atom is 0.573 e. The maximum atomic E-state index is 12.3. The molecule has 0 saturated carbocycles. The summed E-state index contributed by atoms with van der Waals surface area (Å²) in [4.78, 5) is 11.7. The van der Waals surface area contributed by atoms with Crippen molar-refractivity contribution in [1.29, 1.82) is 0 Å². The minimum absolute atomic E-state index is 0.0123. The van der Waals surface area contributed by atoms with E-state index in [4.69, 9.17) is 4.74 Å². The topological polar surface area (TPSA) is 56.8 Å². The number of anilines is 1. The first-order valence-corrected chi connectivity index (χ1v) is 6.71. The Bertz CT molecular complexity index is 527. The molecule has 0 unspecified atom stereocenters. The summed E-state index contributed by atoms with van der Waals surface area (Å²) < 4.78 is 50.7. The molecule has 122 valence electrons. The summed E-state index contributed by atoms with van der Waals surface area (Å²) in [5.41, 5.74) is 0.406. The summed E-state index contributed by atoms with van der Waals surface area (Å²) in [5.74, 6) is -1.03. The molecule has 0 radical (unpaired) electrons. The Kier molecular flexibility index (Phi) is 5.12. The first kappa shape index (κ1) is 16.4. The second-order valence-electron chi connectivity index (χ2n) is 4.78. The molecule has 1 aliphatic heterocycles. The summed E-state index contributed by atoms with van der Waals surface area (Å²) in [5, 5.41) is 3.06. The molecule has 1 heterocycles. The van der Waals surface area contributed by atoms with Gasteiger partial charge in [-0.2, -0.15) is 0 Å². The van der Waals surface area contributed by atoms with Gasteiger partial charge >= 0.3 is 12.3 Å². The third-order valence-electron chi connectivity index (χ3n) is 3.21.